The summed E-state index contributed by atoms with van der Waals surface area (Å²) in [7, 11) is -2.59. The van der Waals surface area contributed by atoms with Crippen LogP contribution in [0.4, 0.5) is 5.69 Å². The van der Waals surface area contributed by atoms with Crippen molar-refractivity contribution in [1.82, 2.24) is 10.2 Å². The Bertz CT molecular complexity index is 1680. The van der Waals surface area contributed by atoms with Gasteiger partial charge in [-0.15, -0.1) is 0 Å². The highest BCUT2D eigenvalue weighted by atomic mass is 32.2. The first-order valence-corrected chi connectivity index (χ1v) is 16.0. The standard InChI is InChI=1S/C35H39N3O5S/c1-5-36-35(40)33(23-28-15-8-6-9-16-28)37(24-29-17-13-18-30(22-29)43-4)34(39)25-38(32-21-12-14-26(2)27(32)3)44(41,42)31-19-10-7-11-20-31/h6-22,33H,5,23-25H2,1-4H3,(H,36,40)/t33-/m1/s1. The van der Waals surface area contributed by atoms with Crippen molar-refractivity contribution < 1.29 is 22.7 Å². The largest absolute Gasteiger partial charge is 0.497 e. The number of anilines is 1. The van der Waals surface area contributed by atoms with Crippen molar-refractivity contribution >= 4 is 27.5 Å². The zero-order valence-corrected chi connectivity index (χ0v) is 26.4. The molecular weight excluding hydrogens is 574 g/mol. The molecule has 0 bridgehead atoms. The van der Waals surface area contributed by atoms with Gasteiger partial charge in [0.05, 0.1) is 17.7 Å². The topological polar surface area (TPSA) is 96.0 Å². The summed E-state index contributed by atoms with van der Waals surface area (Å²) in [6.07, 6.45) is 0.247. The van der Waals surface area contributed by atoms with Crippen molar-refractivity contribution in [3.05, 3.63) is 125 Å². The minimum atomic E-state index is -4.16. The molecule has 9 heteroatoms. The Morgan fingerprint density at radius 2 is 1.48 bits per heavy atom. The number of carbonyl (C=O) groups is 2. The zero-order valence-electron chi connectivity index (χ0n) is 25.6. The van der Waals surface area contributed by atoms with Gasteiger partial charge in [-0.25, -0.2) is 8.42 Å². The third-order valence-corrected chi connectivity index (χ3v) is 9.34. The zero-order chi connectivity index (χ0) is 31.7. The van der Waals surface area contributed by atoms with E-state index >= 15 is 0 Å². The predicted octanol–water partition coefficient (Wildman–Crippen LogP) is 5.28. The Hall–Kier alpha value is -4.63. The molecule has 4 aromatic carbocycles. The van der Waals surface area contributed by atoms with E-state index in [1.807, 2.05) is 69.3 Å². The van der Waals surface area contributed by atoms with Crippen LogP contribution in [0.5, 0.6) is 5.75 Å². The van der Waals surface area contributed by atoms with Gasteiger partial charge in [-0.3, -0.25) is 13.9 Å². The summed E-state index contributed by atoms with van der Waals surface area (Å²) < 4.78 is 34.9. The second-order valence-corrected chi connectivity index (χ2v) is 12.4. The highest BCUT2D eigenvalue weighted by Crippen LogP contribution is 2.29. The molecule has 8 nitrogen and oxygen atoms in total. The van der Waals surface area contributed by atoms with Crippen molar-refractivity contribution in [2.75, 3.05) is 24.5 Å². The lowest BCUT2D eigenvalue weighted by Crippen LogP contribution is -2.53. The number of nitrogens with one attached hydrogen (secondary N) is 1. The molecule has 0 aromatic heterocycles. The molecule has 0 fully saturated rings. The molecule has 0 aliphatic carbocycles. The number of amides is 2. The van der Waals surface area contributed by atoms with Gasteiger partial charge in [0.25, 0.3) is 10.0 Å². The Morgan fingerprint density at radius 3 is 2.14 bits per heavy atom. The summed E-state index contributed by atoms with van der Waals surface area (Å²) in [4.78, 5) is 29.7. The van der Waals surface area contributed by atoms with E-state index in [0.717, 1.165) is 26.6 Å². The molecular formula is C35H39N3O5S. The van der Waals surface area contributed by atoms with Crippen molar-refractivity contribution in [2.24, 2.45) is 0 Å². The van der Waals surface area contributed by atoms with E-state index in [1.165, 1.54) is 17.0 Å². The third kappa shape index (κ3) is 7.65. The summed E-state index contributed by atoms with van der Waals surface area (Å²) in [6.45, 7) is 5.49. The maximum absolute atomic E-state index is 14.5. The van der Waals surface area contributed by atoms with Crippen LogP contribution >= 0.6 is 0 Å². The summed E-state index contributed by atoms with van der Waals surface area (Å²) >= 11 is 0. The summed E-state index contributed by atoms with van der Waals surface area (Å²) in [5.74, 6) is -0.228. The number of rotatable bonds is 13. The first-order valence-electron chi connectivity index (χ1n) is 14.5. The molecule has 0 saturated heterocycles. The minimum absolute atomic E-state index is 0.0662. The first-order chi connectivity index (χ1) is 21.1. The molecule has 0 saturated carbocycles. The Kier molecular flexibility index (Phi) is 10.8. The predicted molar refractivity (Wildman–Crippen MR) is 173 cm³/mol. The number of likely N-dealkylation sites (N-methyl/N-ethyl adjacent to an activating group) is 1. The molecule has 0 radical (unpaired) electrons. The number of benzene rings is 4. The van der Waals surface area contributed by atoms with Crippen LogP contribution in [0.25, 0.3) is 0 Å². The second kappa shape index (κ2) is 14.7. The number of methoxy groups -OCH3 is 1. The Balaban J connectivity index is 1.83. The summed E-state index contributed by atoms with van der Waals surface area (Å²) in [5, 5.41) is 2.88. The van der Waals surface area contributed by atoms with Crippen molar-refractivity contribution in [3.63, 3.8) is 0 Å². The number of aryl methyl sites for hydroxylation is 1. The molecule has 0 aliphatic heterocycles. The number of hydrogen-bond donors (Lipinski definition) is 1. The molecule has 230 valence electrons. The molecule has 2 amide bonds. The summed E-state index contributed by atoms with van der Waals surface area (Å²) in [6, 6.07) is 29.3. The van der Waals surface area contributed by atoms with E-state index in [-0.39, 0.29) is 23.8 Å². The average molecular weight is 614 g/mol. The van der Waals surface area contributed by atoms with Crippen LogP contribution in [0, 0.1) is 13.8 Å². The van der Waals surface area contributed by atoms with Gasteiger partial charge in [-0.2, -0.15) is 0 Å². The highest BCUT2D eigenvalue weighted by Gasteiger charge is 2.35. The van der Waals surface area contributed by atoms with Gasteiger partial charge in [-0.1, -0.05) is 72.8 Å². The lowest BCUT2D eigenvalue weighted by Gasteiger charge is -2.34. The first kappa shape index (κ1) is 32.3. The van der Waals surface area contributed by atoms with Crippen LogP contribution in [0.15, 0.2) is 108 Å². The Labute approximate surface area is 260 Å². The maximum atomic E-state index is 14.5. The van der Waals surface area contributed by atoms with E-state index in [4.69, 9.17) is 4.74 Å². The molecule has 0 heterocycles. The number of hydrogen-bond acceptors (Lipinski definition) is 5. The Morgan fingerprint density at radius 1 is 0.841 bits per heavy atom. The summed E-state index contributed by atoms with van der Waals surface area (Å²) in [5.41, 5.74) is 3.64. The SMILES string of the molecule is CCNC(=O)[C@@H](Cc1ccccc1)N(Cc1cccc(OC)c1)C(=O)CN(c1cccc(C)c1C)S(=O)(=O)c1ccccc1. The van der Waals surface area contributed by atoms with Gasteiger partial charge >= 0.3 is 0 Å². The number of sulfonamides is 1. The fourth-order valence-corrected chi connectivity index (χ4v) is 6.55. The molecule has 0 unspecified atom stereocenters. The smallest absolute Gasteiger partial charge is 0.264 e. The van der Waals surface area contributed by atoms with Gasteiger partial charge in [0.1, 0.15) is 18.3 Å². The van der Waals surface area contributed by atoms with E-state index in [9.17, 15) is 18.0 Å². The van der Waals surface area contributed by atoms with Crippen LogP contribution in [0.2, 0.25) is 0 Å². The normalized spacial score (nSPS) is 11.8. The fourth-order valence-electron chi connectivity index (χ4n) is 5.05. The van der Waals surface area contributed by atoms with Gasteiger partial charge in [0.15, 0.2) is 0 Å². The maximum Gasteiger partial charge on any atom is 0.264 e. The van der Waals surface area contributed by atoms with Gasteiger partial charge < -0.3 is 15.0 Å². The van der Waals surface area contributed by atoms with E-state index < -0.39 is 28.5 Å². The van der Waals surface area contributed by atoms with Crippen LogP contribution < -0.4 is 14.4 Å². The molecule has 0 spiro atoms. The van der Waals surface area contributed by atoms with Gasteiger partial charge in [0.2, 0.25) is 11.8 Å². The highest BCUT2D eigenvalue weighted by molar-refractivity contribution is 7.92. The van der Waals surface area contributed by atoms with Crippen molar-refractivity contribution in [3.8, 4) is 5.75 Å². The van der Waals surface area contributed by atoms with Crippen LogP contribution in [0.3, 0.4) is 0 Å². The van der Waals surface area contributed by atoms with Crippen LogP contribution in [0.1, 0.15) is 29.2 Å². The average Bonchev–Trinajstić information content (AvgIpc) is 3.04. The monoisotopic (exact) mass is 613 g/mol. The molecule has 0 aliphatic rings. The fraction of sp³-hybridized carbons (Fsp3) is 0.257. The lowest BCUT2D eigenvalue weighted by atomic mass is 10.0. The van der Waals surface area contributed by atoms with Crippen molar-refractivity contribution in [2.45, 2.75) is 44.7 Å². The molecule has 1 N–H and O–H groups in total. The lowest BCUT2D eigenvalue weighted by molar-refractivity contribution is -0.140. The van der Waals surface area contributed by atoms with E-state index in [2.05, 4.69) is 5.32 Å². The van der Waals surface area contributed by atoms with Crippen LogP contribution in [-0.2, 0) is 32.6 Å². The molecule has 4 rings (SSSR count). The van der Waals surface area contributed by atoms with Gasteiger partial charge in [-0.05, 0) is 73.4 Å². The molecule has 1 atom stereocenters. The quantitative estimate of drug-likeness (QED) is 0.221. The minimum Gasteiger partial charge on any atom is -0.497 e. The molecule has 4 aromatic rings. The second-order valence-electron chi connectivity index (χ2n) is 10.5. The van der Waals surface area contributed by atoms with E-state index in [1.54, 1.807) is 49.6 Å². The van der Waals surface area contributed by atoms with E-state index in [0.29, 0.717) is 18.0 Å². The number of nitrogens with zero attached hydrogens (tertiary/aromatic N) is 2. The van der Waals surface area contributed by atoms with Crippen LogP contribution in [-0.4, -0.2) is 51.4 Å². The van der Waals surface area contributed by atoms with Gasteiger partial charge in [0, 0.05) is 19.5 Å². The number of carbonyl (C=O) groups excluding carboxylic acids is 2. The van der Waals surface area contributed by atoms with Crippen molar-refractivity contribution in [1.29, 1.82) is 0 Å². The number of ether oxygens (including phenoxy) is 1. The third-order valence-electron chi connectivity index (χ3n) is 7.56. The molecule has 44 heavy (non-hydrogen) atoms.